The van der Waals surface area contributed by atoms with Crippen molar-refractivity contribution in [3.8, 4) is 22.8 Å². The van der Waals surface area contributed by atoms with E-state index in [-0.39, 0.29) is 11.8 Å². The summed E-state index contributed by atoms with van der Waals surface area (Å²) in [5.41, 5.74) is 3.86. The Morgan fingerprint density at radius 3 is 2.38 bits per heavy atom. The molecule has 0 atom stereocenters. The first-order valence-corrected chi connectivity index (χ1v) is 10.7. The van der Waals surface area contributed by atoms with E-state index in [2.05, 4.69) is 45.3 Å². The van der Waals surface area contributed by atoms with Gasteiger partial charge in [0.1, 0.15) is 23.6 Å². The molecule has 32 heavy (non-hydrogen) atoms. The minimum Gasteiger partial charge on any atom is -0.497 e. The molecule has 1 amide bonds. The third kappa shape index (κ3) is 4.99. The van der Waals surface area contributed by atoms with Crippen molar-refractivity contribution < 1.29 is 14.3 Å². The first-order valence-electron chi connectivity index (χ1n) is 10.7. The predicted molar refractivity (Wildman–Crippen MR) is 125 cm³/mol. The number of ether oxygens (including phenoxy) is 2. The van der Waals surface area contributed by atoms with E-state index in [1.54, 1.807) is 38.7 Å². The highest BCUT2D eigenvalue weighted by atomic mass is 16.5. The summed E-state index contributed by atoms with van der Waals surface area (Å²) < 4.78 is 10.6. The van der Waals surface area contributed by atoms with Gasteiger partial charge in [-0.25, -0.2) is 9.97 Å². The van der Waals surface area contributed by atoms with Gasteiger partial charge in [0.15, 0.2) is 0 Å². The number of amides is 1. The van der Waals surface area contributed by atoms with Gasteiger partial charge < -0.3 is 19.7 Å². The molecule has 1 aliphatic rings. The van der Waals surface area contributed by atoms with Crippen LogP contribution >= 0.6 is 0 Å². The maximum Gasteiger partial charge on any atom is 0.227 e. The van der Waals surface area contributed by atoms with E-state index in [1.165, 1.54) is 5.56 Å². The lowest BCUT2D eigenvalue weighted by Crippen LogP contribution is -2.38. The second kappa shape index (κ2) is 9.68. The molecule has 1 saturated heterocycles. The highest BCUT2D eigenvalue weighted by Gasteiger charge is 2.26. The quantitative estimate of drug-likeness (QED) is 0.625. The number of carbonyl (C=O) groups excluding carboxylic acids is 1. The van der Waals surface area contributed by atoms with E-state index in [9.17, 15) is 4.79 Å². The van der Waals surface area contributed by atoms with E-state index in [4.69, 9.17) is 9.47 Å². The van der Waals surface area contributed by atoms with Gasteiger partial charge in [-0.05, 0) is 25.8 Å². The van der Waals surface area contributed by atoms with Crippen LogP contribution in [-0.2, 0) is 4.79 Å². The van der Waals surface area contributed by atoms with E-state index < -0.39 is 0 Å². The molecule has 1 aromatic heterocycles. The smallest absolute Gasteiger partial charge is 0.227 e. The number of rotatable bonds is 6. The number of nitrogens with one attached hydrogen (secondary N) is 1. The monoisotopic (exact) mass is 432 g/mol. The van der Waals surface area contributed by atoms with Crippen LogP contribution in [0.15, 0.2) is 54.9 Å². The number of carbonyl (C=O) groups is 1. The van der Waals surface area contributed by atoms with Crippen LogP contribution in [0.25, 0.3) is 11.3 Å². The zero-order valence-corrected chi connectivity index (χ0v) is 18.7. The average molecular weight is 433 g/mol. The molecule has 0 aliphatic carbocycles. The summed E-state index contributed by atoms with van der Waals surface area (Å²) in [6.07, 6.45) is 3.13. The van der Waals surface area contributed by atoms with E-state index in [0.717, 1.165) is 43.0 Å². The van der Waals surface area contributed by atoms with Crippen molar-refractivity contribution >= 4 is 17.4 Å². The van der Waals surface area contributed by atoms with Gasteiger partial charge >= 0.3 is 0 Å². The molecule has 0 unspecified atom stereocenters. The standard InChI is InChI=1S/C25H28N4O3/c1-17-5-4-6-19(11-17)23-15-24(27-16-26-23)29-9-7-18(8-10-29)25(30)28-20-12-21(31-2)14-22(13-20)32-3/h4-6,11-16,18H,7-10H2,1-3H3,(H,28,30). The van der Waals surface area contributed by atoms with Crippen LogP contribution in [0.3, 0.4) is 0 Å². The fourth-order valence-electron chi connectivity index (χ4n) is 3.98. The van der Waals surface area contributed by atoms with Gasteiger partial charge in [0.2, 0.25) is 5.91 Å². The van der Waals surface area contributed by atoms with Crippen LogP contribution in [0.4, 0.5) is 11.5 Å². The molecular weight excluding hydrogens is 404 g/mol. The molecule has 0 spiro atoms. The maximum atomic E-state index is 12.8. The zero-order chi connectivity index (χ0) is 22.5. The molecule has 1 fully saturated rings. The number of hydrogen-bond acceptors (Lipinski definition) is 6. The molecule has 7 heteroatoms. The fraction of sp³-hybridized carbons (Fsp3) is 0.320. The summed E-state index contributed by atoms with van der Waals surface area (Å²) in [7, 11) is 3.18. The SMILES string of the molecule is COc1cc(NC(=O)C2CCN(c3cc(-c4cccc(C)c4)ncn3)CC2)cc(OC)c1. The molecule has 4 rings (SSSR count). The van der Waals surface area contributed by atoms with Gasteiger partial charge in [-0.3, -0.25) is 4.79 Å². The highest BCUT2D eigenvalue weighted by Crippen LogP contribution is 2.29. The van der Waals surface area contributed by atoms with Crippen molar-refractivity contribution in [1.29, 1.82) is 0 Å². The molecule has 1 N–H and O–H groups in total. The van der Waals surface area contributed by atoms with Gasteiger partial charge in [-0.1, -0.05) is 23.8 Å². The largest absolute Gasteiger partial charge is 0.497 e. The molecule has 166 valence electrons. The van der Waals surface area contributed by atoms with E-state index >= 15 is 0 Å². The average Bonchev–Trinajstić information content (AvgIpc) is 2.84. The number of methoxy groups -OCH3 is 2. The number of anilines is 2. The third-order valence-corrected chi connectivity index (χ3v) is 5.78. The molecule has 7 nitrogen and oxygen atoms in total. The number of nitrogens with zero attached hydrogens (tertiary/aromatic N) is 3. The molecule has 2 heterocycles. The minimum atomic E-state index is -0.0541. The molecule has 2 aromatic carbocycles. The number of aryl methyl sites for hydroxylation is 1. The van der Waals surface area contributed by atoms with Gasteiger partial charge in [0, 0.05) is 54.5 Å². The summed E-state index contributed by atoms with van der Waals surface area (Å²) in [6.45, 7) is 3.61. The summed E-state index contributed by atoms with van der Waals surface area (Å²) in [4.78, 5) is 24.0. The lowest BCUT2D eigenvalue weighted by Gasteiger charge is -2.32. The topological polar surface area (TPSA) is 76.6 Å². The Morgan fingerprint density at radius 2 is 1.72 bits per heavy atom. The van der Waals surface area contributed by atoms with Gasteiger partial charge in [-0.15, -0.1) is 0 Å². The van der Waals surface area contributed by atoms with Crippen LogP contribution in [0.5, 0.6) is 11.5 Å². The Labute approximate surface area is 188 Å². The summed E-state index contributed by atoms with van der Waals surface area (Å²) in [6, 6.07) is 15.7. The fourth-order valence-corrected chi connectivity index (χ4v) is 3.98. The minimum absolute atomic E-state index is 0.0168. The molecule has 0 radical (unpaired) electrons. The van der Waals surface area contributed by atoms with Crippen molar-refractivity contribution in [3.63, 3.8) is 0 Å². The summed E-state index contributed by atoms with van der Waals surface area (Å²) in [5, 5.41) is 3.01. The first-order chi connectivity index (χ1) is 15.6. The highest BCUT2D eigenvalue weighted by molar-refractivity contribution is 5.93. The predicted octanol–water partition coefficient (Wildman–Crippen LogP) is 4.32. The van der Waals surface area contributed by atoms with E-state index in [0.29, 0.717) is 17.2 Å². The molecule has 3 aromatic rings. The van der Waals surface area contributed by atoms with Crippen LogP contribution in [0.1, 0.15) is 18.4 Å². The zero-order valence-electron chi connectivity index (χ0n) is 18.7. The molecule has 1 aliphatic heterocycles. The Kier molecular flexibility index (Phi) is 6.54. The van der Waals surface area contributed by atoms with Crippen LogP contribution in [0, 0.1) is 12.8 Å². The third-order valence-electron chi connectivity index (χ3n) is 5.78. The molecular formula is C25H28N4O3. The van der Waals surface area contributed by atoms with Crippen LogP contribution in [0.2, 0.25) is 0 Å². The van der Waals surface area contributed by atoms with Gasteiger partial charge in [0.25, 0.3) is 0 Å². The van der Waals surface area contributed by atoms with Crippen LogP contribution < -0.4 is 19.7 Å². The molecule has 0 bridgehead atoms. The Bertz CT molecular complexity index is 1070. The number of benzene rings is 2. The van der Waals surface area contributed by atoms with Crippen LogP contribution in [-0.4, -0.2) is 43.2 Å². The Balaban J connectivity index is 1.39. The van der Waals surface area contributed by atoms with Gasteiger partial charge in [-0.2, -0.15) is 0 Å². The second-order valence-corrected chi connectivity index (χ2v) is 7.98. The molecule has 0 saturated carbocycles. The number of aromatic nitrogens is 2. The Hall–Kier alpha value is -3.61. The summed E-state index contributed by atoms with van der Waals surface area (Å²) >= 11 is 0. The van der Waals surface area contributed by atoms with Crippen molar-refractivity contribution in [1.82, 2.24) is 9.97 Å². The van der Waals surface area contributed by atoms with Crippen molar-refractivity contribution in [2.75, 3.05) is 37.5 Å². The second-order valence-electron chi connectivity index (χ2n) is 7.98. The van der Waals surface area contributed by atoms with E-state index in [1.807, 2.05) is 12.1 Å². The number of hydrogen-bond donors (Lipinski definition) is 1. The summed E-state index contributed by atoms with van der Waals surface area (Å²) in [5.74, 6) is 2.14. The first kappa shape index (κ1) is 21.6. The number of piperidine rings is 1. The van der Waals surface area contributed by atoms with Crippen molar-refractivity contribution in [3.05, 3.63) is 60.4 Å². The maximum absolute atomic E-state index is 12.8. The van der Waals surface area contributed by atoms with Crippen molar-refractivity contribution in [2.24, 2.45) is 5.92 Å². The lowest BCUT2D eigenvalue weighted by molar-refractivity contribution is -0.120. The van der Waals surface area contributed by atoms with Crippen molar-refractivity contribution in [2.45, 2.75) is 19.8 Å². The lowest BCUT2D eigenvalue weighted by atomic mass is 9.95. The Morgan fingerprint density at radius 1 is 1.00 bits per heavy atom. The normalized spacial score (nSPS) is 14.2. The van der Waals surface area contributed by atoms with Gasteiger partial charge in [0.05, 0.1) is 19.9 Å².